The Kier molecular flexibility index (Phi) is 5.36. The van der Waals surface area contributed by atoms with E-state index in [4.69, 9.17) is 9.47 Å². The van der Waals surface area contributed by atoms with Crippen molar-refractivity contribution in [3.8, 4) is 45.1 Å². The lowest BCUT2D eigenvalue weighted by molar-refractivity contribution is 0.283. The summed E-state index contributed by atoms with van der Waals surface area (Å²) in [5.74, 6) is 1.60. The molecule has 0 saturated carbocycles. The van der Waals surface area contributed by atoms with Gasteiger partial charge in [0.25, 0.3) is 0 Å². The van der Waals surface area contributed by atoms with Crippen molar-refractivity contribution in [2.75, 3.05) is 14.2 Å². The van der Waals surface area contributed by atoms with E-state index in [-0.39, 0.29) is 6.61 Å². The molecule has 0 radical (unpaired) electrons. The molecule has 0 unspecified atom stereocenters. The van der Waals surface area contributed by atoms with Crippen molar-refractivity contribution in [3.63, 3.8) is 0 Å². The Labute approximate surface area is 170 Å². The second-order valence-corrected chi connectivity index (χ2v) is 6.71. The molecule has 0 amide bonds. The minimum atomic E-state index is -0.0712. The lowest BCUT2D eigenvalue weighted by atomic mass is 9.96. The third kappa shape index (κ3) is 3.62. The molecule has 4 nitrogen and oxygen atoms in total. The van der Waals surface area contributed by atoms with Gasteiger partial charge in [-0.05, 0) is 53.1 Å². The molecule has 0 aliphatic rings. The standard InChI is InChI=1S/C25H23NO3/c1-28-20-12-8-17(9-13-20)23-22(16-27)24(18-6-4-3-5-7-18)26-25(23)19-10-14-21(29-2)15-11-19/h3-15,26-27H,16H2,1-2H3. The molecule has 0 aliphatic carbocycles. The number of methoxy groups -OCH3 is 2. The molecule has 0 fully saturated rings. The molecule has 0 atom stereocenters. The number of aromatic nitrogens is 1. The molecule has 4 heteroatoms. The fourth-order valence-corrected chi connectivity index (χ4v) is 3.60. The van der Waals surface area contributed by atoms with E-state index in [0.29, 0.717) is 0 Å². The smallest absolute Gasteiger partial charge is 0.118 e. The van der Waals surface area contributed by atoms with Crippen LogP contribution in [0.3, 0.4) is 0 Å². The molecule has 3 aromatic carbocycles. The zero-order chi connectivity index (χ0) is 20.2. The minimum absolute atomic E-state index is 0.0712. The number of aliphatic hydroxyl groups is 1. The second kappa shape index (κ2) is 8.25. The van der Waals surface area contributed by atoms with Gasteiger partial charge in [0.2, 0.25) is 0 Å². The monoisotopic (exact) mass is 385 g/mol. The van der Waals surface area contributed by atoms with Gasteiger partial charge in [-0.25, -0.2) is 0 Å². The number of hydrogen-bond donors (Lipinski definition) is 2. The van der Waals surface area contributed by atoms with E-state index in [1.165, 1.54) is 0 Å². The number of benzene rings is 3. The summed E-state index contributed by atoms with van der Waals surface area (Å²) in [6.45, 7) is -0.0712. The molecular formula is C25H23NO3. The number of H-pyrrole nitrogens is 1. The van der Waals surface area contributed by atoms with Crippen LogP contribution in [0.4, 0.5) is 0 Å². The van der Waals surface area contributed by atoms with E-state index in [1.807, 2.05) is 78.9 Å². The maximum atomic E-state index is 10.3. The minimum Gasteiger partial charge on any atom is -0.497 e. The first-order valence-corrected chi connectivity index (χ1v) is 9.45. The van der Waals surface area contributed by atoms with Gasteiger partial charge in [0.05, 0.1) is 32.2 Å². The van der Waals surface area contributed by atoms with Crippen LogP contribution in [0.5, 0.6) is 11.5 Å². The van der Waals surface area contributed by atoms with E-state index in [9.17, 15) is 5.11 Å². The molecule has 0 aliphatic heterocycles. The van der Waals surface area contributed by atoms with Crippen molar-refractivity contribution in [1.29, 1.82) is 0 Å². The third-order valence-electron chi connectivity index (χ3n) is 5.08. The fraction of sp³-hybridized carbons (Fsp3) is 0.120. The van der Waals surface area contributed by atoms with Crippen LogP contribution in [0, 0.1) is 0 Å². The largest absolute Gasteiger partial charge is 0.497 e. The highest BCUT2D eigenvalue weighted by molar-refractivity contribution is 5.90. The van der Waals surface area contributed by atoms with E-state index in [0.717, 1.165) is 50.7 Å². The van der Waals surface area contributed by atoms with Gasteiger partial charge in [-0.3, -0.25) is 0 Å². The number of rotatable bonds is 6. The lowest BCUT2D eigenvalue weighted by Crippen LogP contribution is -1.90. The molecule has 0 saturated heterocycles. The summed E-state index contributed by atoms with van der Waals surface area (Å²) in [5, 5.41) is 10.3. The Morgan fingerprint density at radius 1 is 0.655 bits per heavy atom. The van der Waals surface area contributed by atoms with Gasteiger partial charge in [-0.15, -0.1) is 0 Å². The van der Waals surface area contributed by atoms with Crippen molar-refractivity contribution in [1.82, 2.24) is 4.98 Å². The quantitative estimate of drug-likeness (QED) is 0.459. The van der Waals surface area contributed by atoms with Crippen LogP contribution in [0.15, 0.2) is 78.9 Å². The number of nitrogens with one attached hydrogen (secondary N) is 1. The maximum absolute atomic E-state index is 10.3. The van der Waals surface area contributed by atoms with Gasteiger partial charge < -0.3 is 19.6 Å². The van der Waals surface area contributed by atoms with E-state index in [2.05, 4.69) is 4.98 Å². The summed E-state index contributed by atoms with van der Waals surface area (Å²) in [6.07, 6.45) is 0. The van der Waals surface area contributed by atoms with Crippen molar-refractivity contribution in [2.24, 2.45) is 0 Å². The van der Waals surface area contributed by atoms with Crippen molar-refractivity contribution < 1.29 is 14.6 Å². The van der Waals surface area contributed by atoms with Gasteiger partial charge in [0.1, 0.15) is 11.5 Å². The molecule has 1 heterocycles. The molecule has 4 rings (SSSR count). The Morgan fingerprint density at radius 3 is 1.69 bits per heavy atom. The van der Waals surface area contributed by atoms with Crippen LogP contribution < -0.4 is 9.47 Å². The van der Waals surface area contributed by atoms with Crippen LogP contribution in [0.1, 0.15) is 5.56 Å². The summed E-state index contributed by atoms with van der Waals surface area (Å²) in [4.78, 5) is 3.57. The zero-order valence-electron chi connectivity index (χ0n) is 16.5. The second-order valence-electron chi connectivity index (χ2n) is 6.71. The van der Waals surface area contributed by atoms with Crippen molar-refractivity contribution in [3.05, 3.63) is 84.4 Å². The highest BCUT2D eigenvalue weighted by Gasteiger charge is 2.20. The van der Waals surface area contributed by atoms with Gasteiger partial charge >= 0.3 is 0 Å². The first-order valence-electron chi connectivity index (χ1n) is 9.45. The molecule has 146 valence electrons. The highest BCUT2D eigenvalue weighted by atomic mass is 16.5. The lowest BCUT2D eigenvalue weighted by Gasteiger charge is -2.09. The van der Waals surface area contributed by atoms with Gasteiger partial charge in [0, 0.05) is 11.1 Å². The van der Waals surface area contributed by atoms with Crippen LogP contribution in [-0.4, -0.2) is 24.3 Å². The summed E-state index contributed by atoms with van der Waals surface area (Å²) in [5.41, 5.74) is 6.80. The Hall–Kier alpha value is -3.50. The third-order valence-corrected chi connectivity index (χ3v) is 5.08. The predicted molar refractivity (Wildman–Crippen MR) is 116 cm³/mol. The Bertz CT molecular complexity index is 1080. The predicted octanol–water partition coefficient (Wildman–Crippen LogP) is 5.53. The number of aliphatic hydroxyl groups excluding tert-OH is 1. The zero-order valence-corrected chi connectivity index (χ0v) is 16.5. The SMILES string of the molecule is COc1ccc(-c2[nH]c(-c3ccccc3)c(CO)c2-c2ccc(OC)cc2)cc1. The van der Waals surface area contributed by atoms with Crippen LogP contribution in [0.2, 0.25) is 0 Å². The Balaban J connectivity index is 1.95. The topological polar surface area (TPSA) is 54.5 Å². The molecule has 0 spiro atoms. The van der Waals surface area contributed by atoms with Gasteiger partial charge in [-0.2, -0.15) is 0 Å². The van der Waals surface area contributed by atoms with Crippen molar-refractivity contribution >= 4 is 0 Å². The summed E-state index contributed by atoms with van der Waals surface area (Å²) in [7, 11) is 3.31. The van der Waals surface area contributed by atoms with Gasteiger partial charge in [-0.1, -0.05) is 42.5 Å². The van der Waals surface area contributed by atoms with Crippen LogP contribution in [-0.2, 0) is 6.61 Å². The Morgan fingerprint density at radius 2 is 1.17 bits per heavy atom. The molecule has 29 heavy (non-hydrogen) atoms. The average molecular weight is 385 g/mol. The highest BCUT2D eigenvalue weighted by Crippen LogP contribution is 2.41. The summed E-state index contributed by atoms with van der Waals surface area (Å²) in [6, 6.07) is 25.9. The molecule has 0 bridgehead atoms. The first kappa shape index (κ1) is 18.8. The summed E-state index contributed by atoms with van der Waals surface area (Å²) >= 11 is 0. The van der Waals surface area contributed by atoms with E-state index < -0.39 is 0 Å². The van der Waals surface area contributed by atoms with Crippen LogP contribution >= 0.6 is 0 Å². The number of ether oxygens (including phenoxy) is 2. The molecule has 4 aromatic rings. The van der Waals surface area contributed by atoms with E-state index >= 15 is 0 Å². The van der Waals surface area contributed by atoms with Crippen molar-refractivity contribution in [2.45, 2.75) is 6.61 Å². The average Bonchev–Trinajstić information content (AvgIpc) is 3.19. The fourth-order valence-electron chi connectivity index (χ4n) is 3.60. The number of hydrogen-bond acceptors (Lipinski definition) is 3. The van der Waals surface area contributed by atoms with Gasteiger partial charge in [0.15, 0.2) is 0 Å². The first-order chi connectivity index (χ1) is 14.2. The van der Waals surface area contributed by atoms with E-state index in [1.54, 1.807) is 14.2 Å². The molecule has 2 N–H and O–H groups in total. The van der Waals surface area contributed by atoms with Crippen LogP contribution in [0.25, 0.3) is 33.6 Å². The maximum Gasteiger partial charge on any atom is 0.118 e. The molecular weight excluding hydrogens is 362 g/mol. The normalized spacial score (nSPS) is 10.7. The number of aromatic amines is 1. The molecule has 1 aromatic heterocycles. The summed E-state index contributed by atoms with van der Waals surface area (Å²) < 4.78 is 10.6.